The summed E-state index contributed by atoms with van der Waals surface area (Å²) in [5.74, 6) is 2.32. The Balaban J connectivity index is 1.45. The van der Waals surface area contributed by atoms with E-state index in [4.69, 9.17) is 9.47 Å². The van der Waals surface area contributed by atoms with Crippen LogP contribution in [0.1, 0.15) is 25.3 Å². The molecule has 2 aromatic carbocycles. The first kappa shape index (κ1) is 19.1. The molecule has 0 aromatic heterocycles. The summed E-state index contributed by atoms with van der Waals surface area (Å²) in [5, 5.41) is 2.98. The molecule has 2 aromatic rings. The zero-order valence-electron chi connectivity index (χ0n) is 16.1. The van der Waals surface area contributed by atoms with Gasteiger partial charge < -0.3 is 19.7 Å². The van der Waals surface area contributed by atoms with E-state index < -0.39 is 0 Å². The van der Waals surface area contributed by atoms with Crippen LogP contribution < -0.4 is 14.8 Å². The third-order valence-corrected chi connectivity index (χ3v) is 5.00. The summed E-state index contributed by atoms with van der Waals surface area (Å²) < 4.78 is 10.6. The maximum atomic E-state index is 12.5. The van der Waals surface area contributed by atoms with Gasteiger partial charge in [-0.2, -0.15) is 0 Å². The van der Waals surface area contributed by atoms with Crippen molar-refractivity contribution < 1.29 is 14.3 Å². The highest BCUT2D eigenvalue weighted by atomic mass is 16.5. The molecule has 1 saturated heterocycles. The van der Waals surface area contributed by atoms with Crippen LogP contribution in [0.4, 0.5) is 10.5 Å². The standard InChI is InChI=1S/C22H28N2O3/c1-3-27-21-10-6-19(7-11-21)23-22(25)24-14-12-18(13-15-24)16-17-4-8-20(26-2)9-5-17/h4-11,18H,3,12-16H2,1-2H3,(H,23,25). The summed E-state index contributed by atoms with van der Waals surface area (Å²) in [6.07, 6.45) is 3.11. The van der Waals surface area contributed by atoms with E-state index >= 15 is 0 Å². The van der Waals surface area contributed by atoms with Crippen molar-refractivity contribution in [1.29, 1.82) is 0 Å². The van der Waals surface area contributed by atoms with Crippen molar-refractivity contribution in [2.75, 3.05) is 32.1 Å². The first-order valence-corrected chi connectivity index (χ1v) is 9.59. The smallest absolute Gasteiger partial charge is 0.321 e. The lowest BCUT2D eigenvalue weighted by Crippen LogP contribution is -2.41. The minimum absolute atomic E-state index is 0.0259. The lowest BCUT2D eigenvalue weighted by atomic mass is 9.90. The first-order chi connectivity index (χ1) is 13.2. The molecule has 0 saturated carbocycles. The number of nitrogens with zero attached hydrogens (tertiary/aromatic N) is 1. The highest BCUT2D eigenvalue weighted by molar-refractivity contribution is 5.89. The quantitative estimate of drug-likeness (QED) is 0.812. The summed E-state index contributed by atoms with van der Waals surface area (Å²) >= 11 is 0. The summed E-state index contributed by atoms with van der Waals surface area (Å²) in [7, 11) is 1.68. The van der Waals surface area contributed by atoms with E-state index in [-0.39, 0.29) is 6.03 Å². The Morgan fingerprint density at radius 2 is 1.67 bits per heavy atom. The third-order valence-electron chi connectivity index (χ3n) is 5.00. The molecule has 144 valence electrons. The highest BCUT2D eigenvalue weighted by Gasteiger charge is 2.23. The van der Waals surface area contributed by atoms with Gasteiger partial charge in [-0.3, -0.25) is 0 Å². The number of carbonyl (C=O) groups excluding carboxylic acids is 1. The average Bonchev–Trinajstić information content (AvgIpc) is 2.71. The summed E-state index contributed by atoms with van der Waals surface area (Å²) in [6, 6.07) is 15.7. The van der Waals surface area contributed by atoms with Crippen LogP contribution in [0.2, 0.25) is 0 Å². The van der Waals surface area contributed by atoms with E-state index in [2.05, 4.69) is 17.4 Å². The van der Waals surface area contributed by atoms with Gasteiger partial charge in [0.15, 0.2) is 0 Å². The Labute approximate surface area is 161 Å². The van der Waals surface area contributed by atoms with Gasteiger partial charge in [0.25, 0.3) is 0 Å². The average molecular weight is 368 g/mol. The number of hydrogen-bond acceptors (Lipinski definition) is 3. The monoisotopic (exact) mass is 368 g/mol. The summed E-state index contributed by atoms with van der Waals surface area (Å²) in [4.78, 5) is 14.4. The van der Waals surface area contributed by atoms with Crippen LogP contribution in [0, 0.1) is 5.92 Å². The number of carbonyl (C=O) groups is 1. The molecule has 2 amide bonds. The lowest BCUT2D eigenvalue weighted by Gasteiger charge is -2.32. The number of methoxy groups -OCH3 is 1. The fourth-order valence-corrected chi connectivity index (χ4v) is 3.44. The van der Waals surface area contributed by atoms with Gasteiger partial charge in [-0.25, -0.2) is 4.79 Å². The Morgan fingerprint density at radius 1 is 1.04 bits per heavy atom. The van der Waals surface area contributed by atoms with Gasteiger partial charge in [-0.1, -0.05) is 12.1 Å². The van der Waals surface area contributed by atoms with Crippen LogP contribution in [0.25, 0.3) is 0 Å². The fraction of sp³-hybridized carbons (Fsp3) is 0.409. The second-order valence-corrected chi connectivity index (χ2v) is 6.87. The van der Waals surface area contributed by atoms with Gasteiger partial charge in [0.05, 0.1) is 13.7 Å². The Kier molecular flexibility index (Phi) is 6.58. The minimum Gasteiger partial charge on any atom is -0.497 e. The number of amides is 2. The second-order valence-electron chi connectivity index (χ2n) is 6.87. The minimum atomic E-state index is -0.0259. The number of anilines is 1. The van der Waals surface area contributed by atoms with Crippen molar-refractivity contribution in [1.82, 2.24) is 4.90 Å². The van der Waals surface area contributed by atoms with Gasteiger partial charge in [-0.15, -0.1) is 0 Å². The molecule has 0 atom stereocenters. The molecule has 0 unspecified atom stereocenters. The van der Waals surface area contributed by atoms with E-state index in [0.717, 1.165) is 49.5 Å². The number of ether oxygens (including phenoxy) is 2. The molecule has 0 bridgehead atoms. The molecule has 0 spiro atoms. The number of rotatable bonds is 6. The number of benzene rings is 2. The maximum absolute atomic E-state index is 12.5. The van der Waals surface area contributed by atoms with Gasteiger partial charge in [0, 0.05) is 18.8 Å². The van der Waals surface area contributed by atoms with Crippen LogP contribution in [0.15, 0.2) is 48.5 Å². The molecule has 5 nitrogen and oxygen atoms in total. The molecular weight excluding hydrogens is 340 g/mol. The van der Waals surface area contributed by atoms with Crippen molar-refractivity contribution in [3.8, 4) is 11.5 Å². The maximum Gasteiger partial charge on any atom is 0.321 e. The van der Waals surface area contributed by atoms with Gasteiger partial charge in [-0.05, 0) is 74.1 Å². The van der Waals surface area contributed by atoms with Crippen molar-refractivity contribution in [2.24, 2.45) is 5.92 Å². The number of urea groups is 1. The van der Waals surface area contributed by atoms with E-state index in [1.54, 1.807) is 7.11 Å². The number of nitrogens with one attached hydrogen (secondary N) is 1. The van der Waals surface area contributed by atoms with Crippen molar-refractivity contribution in [2.45, 2.75) is 26.2 Å². The second kappa shape index (κ2) is 9.31. The lowest BCUT2D eigenvalue weighted by molar-refractivity contribution is 0.182. The molecule has 1 fully saturated rings. The molecule has 27 heavy (non-hydrogen) atoms. The topological polar surface area (TPSA) is 50.8 Å². The predicted molar refractivity (Wildman–Crippen MR) is 108 cm³/mol. The van der Waals surface area contributed by atoms with Crippen molar-refractivity contribution in [3.05, 3.63) is 54.1 Å². The van der Waals surface area contributed by atoms with E-state index in [1.165, 1.54) is 5.56 Å². The number of piperidine rings is 1. The van der Waals surface area contributed by atoms with Crippen LogP contribution in [-0.4, -0.2) is 37.7 Å². The highest BCUT2D eigenvalue weighted by Crippen LogP contribution is 2.24. The molecule has 0 aliphatic carbocycles. The van der Waals surface area contributed by atoms with Crippen LogP contribution in [-0.2, 0) is 6.42 Å². The van der Waals surface area contributed by atoms with Crippen LogP contribution in [0.3, 0.4) is 0 Å². The largest absolute Gasteiger partial charge is 0.497 e. The van der Waals surface area contributed by atoms with Gasteiger partial charge in [0.2, 0.25) is 0 Å². The first-order valence-electron chi connectivity index (χ1n) is 9.59. The van der Waals surface area contributed by atoms with Crippen LogP contribution in [0.5, 0.6) is 11.5 Å². The van der Waals surface area contributed by atoms with Crippen molar-refractivity contribution in [3.63, 3.8) is 0 Å². The zero-order valence-corrected chi connectivity index (χ0v) is 16.1. The summed E-state index contributed by atoms with van der Waals surface area (Å²) in [6.45, 7) is 4.18. The zero-order chi connectivity index (χ0) is 19.1. The molecule has 1 N–H and O–H groups in total. The Morgan fingerprint density at radius 3 is 2.26 bits per heavy atom. The van der Waals surface area contributed by atoms with E-state index in [0.29, 0.717) is 12.5 Å². The van der Waals surface area contributed by atoms with Crippen molar-refractivity contribution >= 4 is 11.7 Å². The molecule has 0 radical (unpaired) electrons. The van der Waals surface area contributed by atoms with Gasteiger partial charge >= 0.3 is 6.03 Å². The van der Waals surface area contributed by atoms with Crippen LogP contribution >= 0.6 is 0 Å². The SMILES string of the molecule is CCOc1ccc(NC(=O)N2CCC(Cc3ccc(OC)cc3)CC2)cc1. The molecule has 1 aliphatic rings. The fourth-order valence-electron chi connectivity index (χ4n) is 3.44. The molecular formula is C22H28N2O3. The Hall–Kier alpha value is -2.69. The molecule has 3 rings (SSSR count). The van der Waals surface area contributed by atoms with Gasteiger partial charge in [0.1, 0.15) is 11.5 Å². The number of hydrogen-bond donors (Lipinski definition) is 1. The van der Waals surface area contributed by atoms with E-state index in [9.17, 15) is 4.79 Å². The predicted octanol–water partition coefficient (Wildman–Crippen LogP) is 4.58. The number of likely N-dealkylation sites (tertiary alicyclic amines) is 1. The Bertz CT molecular complexity index is 720. The normalized spacial score (nSPS) is 14.7. The third kappa shape index (κ3) is 5.39. The molecule has 5 heteroatoms. The van der Waals surface area contributed by atoms with E-state index in [1.807, 2.05) is 48.2 Å². The molecule has 1 heterocycles. The summed E-state index contributed by atoms with van der Waals surface area (Å²) in [5.41, 5.74) is 2.12. The molecule has 1 aliphatic heterocycles.